The van der Waals surface area contributed by atoms with Crippen LogP contribution in [0.15, 0.2) is 30.5 Å². The molecular weight excluding hydrogens is 294 g/mol. The predicted octanol–water partition coefficient (Wildman–Crippen LogP) is 2.54. The number of benzene rings is 1. The van der Waals surface area contributed by atoms with Crippen LogP contribution >= 0.6 is 0 Å². The molecule has 1 aromatic carbocycles. The van der Waals surface area contributed by atoms with Crippen molar-refractivity contribution < 1.29 is 22.3 Å². The first-order valence-electron chi connectivity index (χ1n) is 5.49. The Bertz CT molecular complexity index is 617. The largest absolute Gasteiger partial charge is 0.573 e. The van der Waals surface area contributed by atoms with Crippen molar-refractivity contribution in [2.24, 2.45) is 5.84 Å². The highest BCUT2D eigenvalue weighted by molar-refractivity contribution is 5.58. The first-order valence-corrected chi connectivity index (χ1v) is 5.49. The van der Waals surface area contributed by atoms with Crippen LogP contribution in [-0.2, 0) is 0 Å². The minimum Gasteiger partial charge on any atom is -0.406 e. The lowest BCUT2D eigenvalue weighted by atomic mass is 10.3. The summed E-state index contributed by atoms with van der Waals surface area (Å²) in [5.74, 6) is 3.76. The number of alkyl halides is 3. The second-order valence-electron chi connectivity index (χ2n) is 3.73. The summed E-state index contributed by atoms with van der Waals surface area (Å²) >= 11 is 0. The lowest BCUT2D eigenvalue weighted by molar-refractivity contribution is -0.274. The third-order valence-electron chi connectivity index (χ3n) is 2.22. The van der Waals surface area contributed by atoms with E-state index in [2.05, 4.69) is 25.4 Å². The van der Waals surface area contributed by atoms with Crippen molar-refractivity contribution >= 4 is 17.5 Å². The Labute approximate surface area is 115 Å². The summed E-state index contributed by atoms with van der Waals surface area (Å²) in [6.07, 6.45) is -3.87. The van der Waals surface area contributed by atoms with Gasteiger partial charge >= 0.3 is 6.36 Å². The molecule has 0 saturated heterocycles. The van der Waals surface area contributed by atoms with E-state index < -0.39 is 12.2 Å². The Morgan fingerprint density at radius 1 is 1.14 bits per heavy atom. The Balaban J connectivity index is 2.13. The number of ether oxygens (including phenoxy) is 1. The minimum atomic E-state index is -4.77. The summed E-state index contributed by atoms with van der Waals surface area (Å²) in [5.41, 5.74) is 2.45. The van der Waals surface area contributed by atoms with Crippen LogP contribution in [0.5, 0.6) is 5.75 Å². The highest BCUT2D eigenvalue weighted by Gasteiger charge is 2.30. The van der Waals surface area contributed by atoms with E-state index in [4.69, 9.17) is 5.84 Å². The number of hydrazine groups is 1. The van der Waals surface area contributed by atoms with Crippen molar-refractivity contribution in [3.63, 3.8) is 0 Å². The van der Waals surface area contributed by atoms with Gasteiger partial charge in [-0.3, -0.25) is 5.43 Å². The maximum Gasteiger partial charge on any atom is 0.573 e. The van der Waals surface area contributed by atoms with Gasteiger partial charge in [0.2, 0.25) is 5.95 Å². The van der Waals surface area contributed by atoms with Gasteiger partial charge in [0, 0.05) is 5.69 Å². The number of hydrogen-bond donors (Lipinski definition) is 3. The molecule has 0 bridgehead atoms. The number of nitrogens with zero attached hydrogens (tertiary/aromatic N) is 2. The van der Waals surface area contributed by atoms with Crippen LogP contribution in [-0.4, -0.2) is 16.3 Å². The van der Waals surface area contributed by atoms with E-state index in [9.17, 15) is 17.6 Å². The second-order valence-corrected chi connectivity index (χ2v) is 3.73. The second kappa shape index (κ2) is 5.79. The number of nitrogens with two attached hydrogens (primary N) is 1. The third-order valence-corrected chi connectivity index (χ3v) is 2.22. The smallest absolute Gasteiger partial charge is 0.406 e. The highest BCUT2D eigenvalue weighted by Crippen LogP contribution is 2.25. The molecule has 0 fully saturated rings. The van der Waals surface area contributed by atoms with Crippen LogP contribution in [0.1, 0.15) is 0 Å². The molecule has 112 valence electrons. The summed E-state index contributed by atoms with van der Waals surface area (Å²) in [7, 11) is 0. The van der Waals surface area contributed by atoms with E-state index in [-0.39, 0.29) is 17.5 Å². The van der Waals surface area contributed by atoms with E-state index in [1.54, 1.807) is 0 Å². The fraction of sp³-hybridized carbons (Fsp3) is 0.0909. The van der Waals surface area contributed by atoms with Gasteiger partial charge in [-0.1, -0.05) is 0 Å². The quantitative estimate of drug-likeness (QED) is 0.457. The summed E-state index contributed by atoms with van der Waals surface area (Å²) < 4.78 is 53.2. The summed E-state index contributed by atoms with van der Waals surface area (Å²) in [6, 6.07) is 4.71. The number of anilines is 3. The highest BCUT2D eigenvalue weighted by atomic mass is 19.4. The van der Waals surface area contributed by atoms with Gasteiger partial charge in [0.25, 0.3) is 0 Å². The average molecular weight is 303 g/mol. The Morgan fingerprint density at radius 2 is 1.81 bits per heavy atom. The first kappa shape index (κ1) is 14.8. The Kier molecular flexibility index (Phi) is 4.08. The topological polar surface area (TPSA) is 85.1 Å². The molecule has 0 amide bonds. The molecule has 0 radical (unpaired) electrons. The summed E-state index contributed by atoms with van der Waals surface area (Å²) in [6.45, 7) is 0. The summed E-state index contributed by atoms with van der Waals surface area (Å²) in [5, 5.41) is 2.58. The molecule has 0 atom stereocenters. The zero-order valence-electron chi connectivity index (χ0n) is 10.3. The van der Waals surface area contributed by atoms with E-state index in [1.807, 2.05) is 0 Å². The maximum absolute atomic E-state index is 13.5. The predicted molar refractivity (Wildman–Crippen MR) is 66.2 cm³/mol. The number of nitrogens with one attached hydrogen (secondary N) is 2. The molecule has 2 rings (SSSR count). The monoisotopic (exact) mass is 303 g/mol. The zero-order chi connectivity index (χ0) is 15.5. The summed E-state index contributed by atoms with van der Waals surface area (Å²) in [4.78, 5) is 7.27. The molecule has 4 N–H and O–H groups in total. The van der Waals surface area contributed by atoms with Crippen LogP contribution in [0.25, 0.3) is 0 Å². The van der Waals surface area contributed by atoms with Crippen molar-refractivity contribution in [2.45, 2.75) is 6.36 Å². The van der Waals surface area contributed by atoms with E-state index in [0.29, 0.717) is 5.69 Å². The lowest BCUT2D eigenvalue weighted by Crippen LogP contribution is -2.17. The third kappa shape index (κ3) is 4.18. The molecule has 21 heavy (non-hydrogen) atoms. The van der Waals surface area contributed by atoms with E-state index in [1.165, 1.54) is 12.1 Å². The fourth-order valence-electron chi connectivity index (χ4n) is 1.40. The van der Waals surface area contributed by atoms with Crippen LogP contribution in [0.3, 0.4) is 0 Å². The van der Waals surface area contributed by atoms with Crippen molar-refractivity contribution in [3.8, 4) is 5.75 Å². The molecule has 1 heterocycles. The molecule has 0 spiro atoms. The minimum absolute atomic E-state index is 0.0177. The number of halogens is 4. The van der Waals surface area contributed by atoms with Gasteiger partial charge in [-0.15, -0.1) is 13.2 Å². The Morgan fingerprint density at radius 3 is 2.38 bits per heavy atom. The number of nitrogen functional groups attached to an aromatic ring is 1. The normalized spacial score (nSPS) is 11.1. The standard InChI is InChI=1S/C11H9F4N5O/c12-8-5-17-10(20-16)19-9(8)18-6-1-3-7(4-2-6)21-11(13,14)15/h1-5H,16H2,(H2,17,18,19,20). The van der Waals surface area contributed by atoms with Gasteiger partial charge in [0.05, 0.1) is 6.20 Å². The van der Waals surface area contributed by atoms with Gasteiger partial charge in [0.15, 0.2) is 11.6 Å². The van der Waals surface area contributed by atoms with Gasteiger partial charge in [-0.2, -0.15) is 4.98 Å². The Hall–Kier alpha value is -2.62. The van der Waals surface area contributed by atoms with Crippen LogP contribution in [0.2, 0.25) is 0 Å². The zero-order valence-corrected chi connectivity index (χ0v) is 10.3. The molecule has 0 unspecified atom stereocenters. The SMILES string of the molecule is NNc1ncc(F)c(Nc2ccc(OC(F)(F)F)cc2)n1. The first-order chi connectivity index (χ1) is 9.87. The van der Waals surface area contributed by atoms with Crippen molar-refractivity contribution in [1.29, 1.82) is 0 Å². The van der Waals surface area contributed by atoms with Gasteiger partial charge in [-0.05, 0) is 24.3 Å². The van der Waals surface area contributed by atoms with Crippen molar-refractivity contribution in [1.82, 2.24) is 9.97 Å². The molecule has 2 aromatic rings. The maximum atomic E-state index is 13.5. The molecule has 0 aliphatic heterocycles. The molecule has 10 heteroatoms. The van der Waals surface area contributed by atoms with E-state index in [0.717, 1.165) is 18.3 Å². The van der Waals surface area contributed by atoms with Crippen LogP contribution in [0.4, 0.5) is 35.0 Å². The lowest BCUT2D eigenvalue weighted by Gasteiger charge is -2.10. The number of hydrogen-bond acceptors (Lipinski definition) is 6. The number of rotatable bonds is 4. The average Bonchev–Trinajstić information content (AvgIpc) is 2.42. The molecular formula is C11H9F4N5O. The molecule has 1 aromatic heterocycles. The van der Waals surface area contributed by atoms with Gasteiger partial charge in [-0.25, -0.2) is 15.2 Å². The van der Waals surface area contributed by atoms with Crippen molar-refractivity contribution in [2.75, 3.05) is 10.7 Å². The van der Waals surface area contributed by atoms with E-state index >= 15 is 0 Å². The van der Waals surface area contributed by atoms with Crippen LogP contribution < -0.4 is 21.3 Å². The van der Waals surface area contributed by atoms with Crippen molar-refractivity contribution in [3.05, 3.63) is 36.3 Å². The van der Waals surface area contributed by atoms with Gasteiger partial charge in [0.1, 0.15) is 5.75 Å². The number of aromatic nitrogens is 2. The molecule has 6 nitrogen and oxygen atoms in total. The van der Waals surface area contributed by atoms with Crippen LogP contribution in [0, 0.1) is 5.82 Å². The molecule has 0 saturated carbocycles. The fourth-order valence-corrected chi connectivity index (χ4v) is 1.40. The molecule has 0 aliphatic rings. The molecule has 0 aliphatic carbocycles. The van der Waals surface area contributed by atoms with Gasteiger partial charge < -0.3 is 10.1 Å².